The summed E-state index contributed by atoms with van der Waals surface area (Å²) in [6.45, 7) is 12.6. The zero-order valence-corrected chi connectivity index (χ0v) is 15.0. The van der Waals surface area contributed by atoms with Crippen molar-refractivity contribution in [2.75, 3.05) is 6.54 Å². The van der Waals surface area contributed by atoms with Gasteiger partial charge in [-0.1, -0.05) is 26.7 Å². The molecule has 2 unspecified atom stereocenters. The Kier molecular flexibility index (Phi) is 5.76. The topological polar surface area (TPSA) is 21.3 Å². The van der Waals surface area contributed by atoms with Gasteiger partial charge in [-0.2, -0.15) is 0 Å². The van der Waals surface area contributed by atoms with Crippen molar-refractivity contribution in [1.82, 2.24) is 5.32 Å². The van der Waals surface area contributed by atoms with Gasteiger partial charge >= 0.3 is 0 Å². The van der Waals surface area contributed by atoms with E-state index in [9.17, 15) is 0 Å². The highest BCUT2D eigenvalue weighted by atomic mass is 16.5. The molecular formula is C19H37NO. The summed E-state index contributed by atoms with van der Waals surface area (Å²) in [7, 11) is 0. The maximum absolute atomic E-state index is 6.53. The van der Waals surface area contributed by atoms with Crippen molar-refractivity contribution in [2.45, 2.75) is 103 Å². The molecule has 0 bridgehead atoms. The van der Waals surface area contributed by atoms with Gasteiger partial charge in [0.25, 0.3) is 0 Å². The molecule has 124 valence electrons. The quantitative estimate of drug-likeness (QED) is 0.751. The lowest BCUT2D eigenvalue weighted by atomic mass is 9.90. The summed E-state index contributed by atoms with van der Waals surface area (Å²) < 4.78 is 6.53. The number of hydrogen-bond acceptors (Lipinski definition) is 2. The summed E-state index contributed by atoms with van der Waals surface area (Å²) in [5.41, 5.74) is 0.517. The first-order valence-corrected chi connectivity index (χ1v) is 9.21. The highest BCUT2D eigenvalue weighted by molar-refractivity contribution is 4.93. The largest absolute Gasteiger partial charge is 0.372 e. The fourth-order valence-electron chi connectivity index (χ4n) is 4.20. The van der Waals surface area contributed by atoms with Crippen LogP contribution >= 0.6 is 0 Å². The van der Waals surface area contributed by atoms with Gasteiger partial charge in [0.15, 0.2) is 0 Å². The average Bonchev–Trinajstić information content (AvgIpc) is 2.96. The lowest BCUT2D eigenvalue weighted by Gasteiger charge is -2.29. The summed E-state index contributed by atoms with van der Waals surface area (Å²) in [5.74, 6) is 1.53. The van der Waals surface area contributed by atoms with Crippen LogP contribution in [0, 0.1) is 11.8 Å². The molecule has 2 rings (SSSR count). The smallest absolute Gasteiger partial charge is 0.0687 e. The van der Waals surface area contributed by atoms with Gasteiger partial charge in [-0.05, 0) is 77.7 Å². The lowest BCUT2D eigenvalue weighted by Crippen LogP contribution is -2.40. The number of nitrogens with one attached hydrogen (secondary N) is 1. The van der Waals surface area contributed by atoms with Crippen LogP contribution in [0.5, 0.6) is 0 Å². The van der Waals surface area contributed by atoms with Gasteiger partial charge in [-0.15, -0.1) is 0 Å². The monoisotopic (exact) mass is 295 g/mol. The average molecular weight is 296 g/mol. The molecule has 2 atom stereocenters. The van der Waals surface area contributed by atoms with Gasteiger partial charge in [0, 0.05) is 5.54 Å². The van der Waals surface area contributed by atoms with Gasteiger partial charge in [0.05, 0.1) is 11.7 Å². The van der Waals surface area contributed by atoms with E-state index >= 15 is 0 Å². The number of rotatable bonds is 6. The zero-order chi connectivity index (χ0) is 15.5. The van der Waals surface area contributed by atoms with Crippen molar-refractivity contribution in [3.8, 4) is 0 Å². The Balaban J connectivity index is 1.83. The summed E-state index contributed by atoms with van der Waals surface area (Å²) in [5, 5.41) is 3.71. The van der Waals surface area contributed by atoms with Crippen molar-refractivity contribution >= 4 is 0 Å². The van der Waals surface area contributed by atoms with Crippen molar-refractivity contribution in [1.29, 1.82) is 0 Å². The second kappa shape index (κ2) is 7.00. The van der Waals surface area contributed by atoms with Crippen LogP contribution in [-0.4, -0.2) is 23.8 Å². The first-order chi connectivity index (χ1) is 9.78. The second-order valence-electron chi connectivity index (χ2n) is 9.03. The molecule has 1 aliphatic heterocycles. The Morgan fingerprint density at radius 3 is 2.38 bits per heavy atom. The Labute approximate surface area is 132 Å². The molecule has 2 fully saturated rings. The van der Waals surface area contributed by atoms with Crippen molar-refractivity contribution in [3.05, 3.63) is 0 Å². The van der Waals surface area contributed by atoms with Gasteiger partial charge in [0.2, 0.25) is 0 Å². The third-order valence-corrected chi connectivity index (χ3v) is 5.18. The number of hydrogen-bond donors (Lipinski definition) is 1. The molecule has 2 nitrogen and oxygen atoms in total. The summed E-state index contributed by atoms with van der Waals surface area (Å²) >= 11 is 0. The minimum Gasteiger partial charge on any atom is -0.372 e. The van der Waals surface area contributed by atoms with Gasteiger partial charge in [-0.25, -0.2) is 0 Å². The fourth-order valence-corrected chi connectivity index (χ4v) is 4.20. The number of ether oxygens (including phenoxy) is 1. The second-order valence-corrected chi connectivity index (χ2v) is 9.03. The van der Waals surface area contributed by atoms with E-state index in [-0.39, 0.29) is 5.54 Å². The van der Waals surface area contributed by atoms with E-state index in [1.165, 1.54) is 51.4 Å². The third kappa shape index (κ3) is 5.56. The van der Waals surface area contributed by atoms with Gasteiger partial charge in [-0.3, -0.25) is 0 Å². The SMILES string of the molecule is CC(C)CC(CNC(C)(C)C)CC1CCC2(CCCC2)O1. The Bertz CT molecular complexity index is 312. The molecule has 1 spiro atoms. The van der Waals surface area contributed by atoms with Crippen LogP contribution in [0.1, 0.15) is 86.0 Å². The highest BCUT2D eigenvalue weighted by Crippen LogP contribution is 2.44. The van der Waals surface area contributed by atoms with E-state index in [0.29, 0.717) is 11.7 Å². The molecule has 1 saturated carbocycles. The molecule has 2 aliphatic rings. The fraction of sp³-hybridized carbons (Fsp3) is 1.00. The maximum atomic E-state index is 6.53. The first-order valence-electron chi connectivity index (χ1n) is 9.21. The summed E-state index contributed by atoms with van der Waals surface area (Å²) in [6.07, 6.45) is 11.1. The minimum atomic E-state index is 0.221. The van der Waals surface area contributed by atoms with Crippen LogP contribution in [0.2, 0.25) is 0 Å². The van der Waals surface area contributed by atoms with E-state index in [1.807, 2.05) is 0 Å². The standard InChI is InChI=1S/C19H37NO/c1-15(2)12-16(14-20-18(3,4)5)13-17-8-11-19(21-17)9-6-7-10-19/h15-17,20H,6-14H2,1-5H3. The Hall–Kier alpha value is -0.0800. The summed E-state index contributed by atoms with van der Waals surface area (Å²) in [4.78, 5) is 0. The molecule has 2 heteroatoms. The molecule has 1 heterocycles. The molecular weight excluding hydrogens is 258 g/mol. The highest BCUT2D eigenvalue weighted by Gasteiger charge is 2.42. The Morgan fingerprint density at radius 1 is 1.14 bits per heavy atom. The molecule has 0 radical (unpaired) electrons. The van der Waals surface area contributed by atoms with Crippen LogP contribution < -0.4 is 5.32 Å². The molecule has 0 aromatic carbocycles. The van der Waals surface area contributed by atoms with Crippen LogP contribution in [0.4, 0.5) is 0 Å². The molecule has 21 heavy (non-hydrogen) atoms. The molecule has 1 N–H and O–H groups in total. The van der Waals surface area contributed by atoms with Crippen LogP contribution in [0.3, 0.4) is 0 Å². The van der Waals surface area contributed by atoms with Crippen molar-refractivity contribution in [2.24, 2.45) is 11.8 Å². The van der Waals surface area contributed by atoms with Gasteiger partial charge in [0.1, 0.15) is 0 Å². The predicted molar refractivity (Wildman–Crippen MR) is 90.6 cm³/mol. The lowest BCUT2D eigenvalue weighted by molar-refractivity contribution is -0.0451. The summed E-state index contributed by atoms with van der Waals surface area (Å²) in [6, 6.07) is 0. The van der Waals surface area contributed by atoms with E-state index < -0.39 is 0 Å². The molecule has 0 aromatic rings. The first kappa shape index (κ1) is 17.3. The minimum absolute atomic E-state index is 0.221. The maximum Gasteiger partial charge on any atom is 0.0687 e. The van der Waals surface area contributed by atoms with Crippen molar-refractivity contribution < 1.29 is 4.74 Å². The van der Waals surface area contributed by atoms with E-state index in [0.717, 1.165) is 18.4 Å². The van der Waals surface area contributed by atoms with Crippen molar-refractivity contribution in [3.63, 3.8) is 0 Å². The third-order valence-electron chi connectivity index (χ3n) is 5.18. The van der Waals surface area contributed by atoms with E-state index in [1.54, 1.807) is 0 Å². The molecule has 1 aliphatic carbocycles. The zero-order valence-electron chi connectivity index (χ0n) is 15.0. The normalized spacial score (nSPS) is 26.9. The van der Waals surface area contributed by atoms with Crippen LogP contribution in [0.25, 0.3) is 0 Å². The predicted octanol–water partition coefficient (Wildman–Crippen LogP) is 4.92. The van der Waals surface area contributed by atoms with E-state index in [4.69, 9.17) is 4.74 Å². The molecule has 0 amide bonds. The molecule has 1 saturated heterocycles. The molecule has 0 aromatic heterocycles. The van der Waals surface area contributed by atoms with Gasteiger partial charge < -0.3 is 10.1 Å². The van der Waals surface area contributed by atoms with Crippen LogP contribution in [-0.2, 0) is 4.74 Å². The Morgan fingerprint density at radius 2 is 1.81 bits per heavy atom. The van der Waals surface area contributed by atoms with E-state index in [2.05, 4.69) is 39.9 Å². The van der Waals surface area contributed by atoms with Crippen LogP contribution in [0.15, 0.2) is 0 Å².